The molecule has 18 heavy (non-hydrogen) atoms. The average Bonchev–Trinajstić information content (AvgIpc) is 3.09. The summed E-state index contributed by atoms with van der Waals surface area (Å²) in [7, 11) is 0. The number of carbonyl (C=O) groups is 1. The van der Waals surface area contributed by atoms with Crippen LogP contribution in [-0.4, -0.2) is 17.1 Å². The van der Waals surface area contributed by atoms with Crippen LogP contribution in [-0.2, 0) is 10.3 Å². The minimum atomic E-state index is -0.968. The molecular formula is C14H18ClNO2. The van der Waals surface area contributed by atoms with Crippen molar-refractivity contribution in [1.29, 1.82) is 0 Å². The smallest absolute Gasteiger partial charge is 0.249 e. The molecule has 1 unspecified atom stereocenters. The molecule has 0 aliphatic heterocycles. The topological polar surface area (TPSA) is 49.3 Å². The van der Waals surface area contributed by atoms with Crippen molar-refractivity contribution >= 4 is 17.5 Å². The molecule has 1 aromatic rings. The third-order valence-electron chi connectivity index (χ3n) is 3.40. The number of rotatable bonds is 4. The first-order valence-corrected chi connectivity index (χ1v) is 6.59. The third kappa shape index (κ3) is 2.52. The highest BCUT2D eigenvalue weighted by Crippen LogP contribution is 2.48. The second-order valence-corrected chi connectivity index (χ2v) is 5.65. The van der Waals surface area contributed by atoms with E-state index >= 15 is 0 Å². The van der Waals surface area contributed by atoms with Crippen LogP contribution in [0.2, 0.25) is 5.02 Å². The molecule has 2 rings (SSSR count). The average molecular weight is 268 g/mol. The van der Waals surface area contributed by atoms with Gasteiger partial charge in [-0.15, -0.1) is 0 Å². The Kier molecular flexibility index (Phi) is 3.64. The normalized spacial score (nSPS) is 18.5. The molecule has 3 nitrogen and oxygen atoms in total. The Morgan fingerprint density at radius 1 is 1.39 bits per heavy atom. The number of aliphatic hydroxyl groups excluding tert-OH is 1. The summed E-state index contributed by atoms with van der Waals surface area (Å²) < 4.78 is 0. The molecule has 1 aliphatic rings. The summed E-state index contributed by atoms with van der Waals surface area (Å²) in [4.78, 5) is 11.9. The van der Waals surface area contributed by atoms with Crippen molar-refractivity contribution in [3.05, 3.63) is 34.9 Å². The number of amides is 1. The van der Waals surface area contributed by atoms with Crippen LogP contribution in [0.3, 0.4) is 0 Å². The van der Waals surface area contributed by atoms with Crippen molar-refractivity contribution < 1.29 is 9.90 Å². The van der Waals surface area contributed by atoms with Crippen molar-refractivity contribution in [1.82, 2.24) is 5.32 Å². The summed E-state index contributed by atoms with van der Waals surface area (Å²) in [5.74, 6) is -0.408. The van der Waals surface area contributed by atoms with Crippen LogP contribution < -0.4 is 5.32 Å². The fourth-order valence-corrected chi connectivity index (χ4v) is 2.37. The molecule has 1 aliphatic carbocycles. The van der Waals surface area contributed by atoms with Gasteiger partial charge in [0.1, 0.15) is 6.10 Å². The van der Waals surface area contributed by atoms with Gasteiger partial charge in [-0.25, -0.2) is 0 Å². The van der Waals surface area contributed by atoms with Gasteiger partial charge in [-0.05, 0) is 30.4 Å². The van der Waals surface area contributed by atoms with Gasteiger partial charge in [0.15, 0.2) is 0 Å². The Labute approximate surface area is 112 Å². The molecule has 0 heterocycles. The standard InChI is InChI=1S/C14H18ClNO2/c1-9(2)12(17)13(18)16-14(7-8-14)10-5-3-4-6-11(10)15/h3-6,9,12,17H,7-8H2,1-2H3,(H,16,18). The Morgan fingerprint density at radius 2 is 2.00 bits per heavy atom. The van der Waals surface area contributed by atoms with E-state index in [0.717, 1.165) is 18.4 Å². The van der Waals surface area contributed by atoms with Gasteiger partial charge in [0, 0.05) is 5.02 Å². The van der Waals surface area contributed by atoms with Gasteiger partial charge in [-0.2, -0.15) is 0 Å². The fourth-order valence-electron chi connectivity index (χ4n) is 2.05. The number of aliphatic hydroxyl groups is 1. The van der Waals surface area contributed by atoms with Gasteiger partial charge in [-0.3, -0.25) is 4.79 Å². The van der Waals surface area contributed by atoms with E-state index in [1.54, 1.807) is 0 Å². The van der Waals surface area contributed by atoms with E-state index < -0.39 is 6.10 Å². The molecule has 98 valence electrons. The van der Waals surface area contributed by atoms with Gasteiger partial charge in [0.2, 0.25) is 5.91 Å². The largest absolute Gasteiger partial charge is 0.383 e. The second kappa shape index (κ2) is 4.90. The molecule has 0 aromatic heterocycles. The van der Waals surface area contributed by atoms with Crippen molar-refractivity contribution in [3.63, 3.8) is 0 Å². The summed E-state index contributed by atoms with van der Waals surface area (Å²) in [6.07, 6.45) is 0.769. The first-order chi connectivity index (χ1) is 8.46. The summed E-state index contributed by atoms with van der Waals surface area (Å²) in [5.41, 5.74) is 0.571. The molecule has 1 atom stereocenters. The lowest BCUT2D eigenvalue weighted by Gasteiger charge is -2.22. The molecule has 0 spiro atoms. The predicted octanol–water partition coefficient (Wildman–Crippen LogP) is 2.46. The zero-order valence-corrected chi connectivity index (χ0v) is 11.4. The highest BCUT2D eigenvalue weighted by molar-refractivity contribution is 6.31. The van der Waals surface area contributed by atoms with Gasteiger partial charge in [0.05, 0.1) is 5.54 Å². The fraction of sp³-hybridized carbons (Fsp3) is 0.500. The van der Waals surface area contributed by atoms with Crippen LogP contribution in [0, 0.1) is 5.92 Å². The van der Waals surface area contributed by atoms with Gasteiger partial charge in [-0.1, -0.05) is 43.6 Å². The molecular weight excluding hydrogens is 250 g/mol. The third-order valence-corrected chi connectivity index (χ3v) is 3.73. The van der Waals surface area contributed by atoms with E-state index in [1.807, 2.05) is 38.1 Å². The molecule has 0 radical (unpaired) electrons. The molecule has 0 saturated heterocycles. The Morgan fingerprint density at radius 3 is 2.50 bits per heavy atom. The van der Waals surface area contributed by atoms with Gasteiger partial charge >= 0.3 is 0 Å². The number of benzene rings is 1. The molecule has 4 heteroatoms. The minimum Gasteiger partial charge on any atom is -0.383 e. The van der Waals surface area contributed by atoms with E-state index in [0.29, 0.717) is 5.02 Å². The van der Waals surface area contributed by atoms with E-state index in [4.69, 9.17) is 11.6 Å². The molecule has 1 aromatic carbocycles. The number of hydrogen-bond donors (Lipinski definition) is 2. The van der Waals surface area contributed by atoms with Crippen LogP contribution in [0.25, 0.3) is 0 Å². The van der Waals surface area contributed by atoms with Gasteiger partial charge < -0.3 is 10.4 Å². The first kappa shape index (κ1) is 13.4. The van der Waals surface area contributed by atoms with Crippen LogP contribution in [0.4, 0.5) is 0 Å². The second-order valence-electron chi connectivity index (χ2n) is 5.24. The predicted molar refractivity (Wildman–Crippen MR) is 71.4 cm³/mol. The minimum absolute atomic E-state index is 0.0907. The summed E-state index contributed by atoms with van der Waals surface area (Å²) >= 11 is 6.16. The summed E-state index contributed by atoms with van der Waals surface area (Å²) in [6.45, 7) is 3.64. The van der Waals surface area contributed by atoms with Crippen molar-refractivity contribution in [2.75, 3.05) is 0 Å². The maximum absolute atomic E-state index is 11.9. The van der Waals surface area contributed by atoms with E-state index in [-0.39, 0.29) is 17.4 Å². The zero-order chi connectivity index (χ0) is 13.3. The Balaban J connectivity index is 2.14. The molecule has 0 bridgehead atoms. The maximum atomic E-state index is 11.9. The van der Waals surface area contributed by atoms with Crippen LogP contribution in [0.1, 0.15) is 32.3 Å². The summed E-state index contributed by atoms with van der Waals surface area (Å²) in [6, 6.07) is 7.53. The Bertz CT molecular complexity index is 455. The van der Waals surface area contributed by atoms with Crippen molar-refractivity contribution in [2.45, 2.75) is 38.3 Å². The zero-order valence-electron chi connectivity index (χ0n) is 10.6. The number of halogens is 1. The van der Waals surface area contributed by atoms with Crippen LogP contribution in [0.5, 0.6) is 0 Å². The first-order valence-electron chi connectivity index (χ1n) is 6.21. The number of nitrogens with one attached hydrogen (secondary N) is 1. The van der Waals surface area contributed by atoms with E-state index in [2.05, 4.69) is 5.32 Å². The highest BCUT2D eigenvalue weighted by Gasteiger charge is 2.47. The maximum Gasteiger partial charge on any atom is 0.249 e. The Hall–Kier alpha value is -1.06. The SMILES string of the molecule is CC(C)C(O)C(=O)NC1(c2ccccc2Cl)CC1. The van der Waals surface area contributed by atoms with Crippen LogP contribution >= 0.6 is 11.6 Å². The highest BCUT2D eigenvalue weighted by atomic mass is 35.5. The van der Waals surface area contributed by atoms with Gasteiger partial charge in [0.25, 0.3) is 0 Å². The molecule has 2 N–H and O–H groups in total. The molecule has 1 fully saturated rings. The quantitative estimate of drug-likeness (QED) is 0.880. The van der Waals surface area contributed by atoms with Crippen molar-refractivity contribution in [2.24, 2.45) is 5.92 Å². The van der Waals surface area contributed by atoms with Crippen LogP contribution in [0.15, 0.2) is 24.3 Å². The number of carbonyl (C=O) groups excluding carboxylic acids is 1. The molecule has 1 saturated carbocycles. The number of hydrogen-bond acceptors (Lipinski definition) is 2. The van der Waals surface area contributed by atoms with Crippen molar-refractivity contribution in [3.8, 4) is 0 Å². The lowest BCUT2D eigenvalue weighted by Crippen LogP contribution is -2.43. The lowest BCUT2D eigenvalue weighted by molar-refractivity contribution is -0.132. The summed E-state index contributed by atoms with van der Waals surface area (Å²) in [5, 5.41) is 13.4. The monoisotopic (exact) mass is 267 g/mol. The van der Waals surface area contributed by atoms with E-state index in [1.165, 1.54) is 0 Å². The lowest BCUT2D eigenvalue weighted by atomic mass is 10.0. The van der Waals surface area contributed by atoms with E-state index in [9.17, 15) is 9.90 Å². The molecule has 1 amide bonds.